The predicted molar refractivity (Wildman–Crippen MR) is 132 cm³/mol. The second kappa shape index (κ2) is 9.52. The third kappa shape index (κ3) is 4.89. The van der Waals surface area contributed by atoms with Crippen molar-refractivity contribution in [2.24, 2.45) is 23.9 Å². The van der Waals surface area contributed by atoms with Gasteiger partial charge >= 0.3 is 0 Å². The predicted octanol–water partition coefficient (Wildman–Crippen LogP) is 4.01. The van der Waals surface area contributed by atoms with E-state index in [0.29, 0.717) is 35.0 Å². The highest BCUT2D eigenvalue weighted by atomic mass is 32.2. The van der Waals surface area contributed by atoms with E-state index in [1.807, 2.05) is 51.4 Å². The number of rotatable bonds is 7. The lowest BCUT2D eigenvalue weighted by Crippen LogP contribution is -2.37. The molecule has 1 aliphatic heterocycles. The minimum Gasteiger partial charge on any atom is -0.454 e. The fraction of sp³-hybridized carbons (Fsp3) is 0.417. The highest BCUT2D eigenvalue weighted by molar-refractivity contribution is 7.89. The summed E-state index contributed by atoms with van der Waals surface area (Å²) in [6, 6.07) is 9.76. The van der Waals surface area contributed by atoms with E-state index < -0.39 is 15.9 Å². The molecule has 34 heavy (non-hydrogen) atoms. The summed E-state index contributed by atoms with van der Waals surface area (Å²) in [6.07, 6.45) is 0. The molecule has 0 aliphatic carbocycles. The minimum absolute atomic E-state index is 0.173. The average molecular weight is 504 g/mol. The zero-order valence-corrected chi connectivity index (χ0v) is 21.6. The number of aryl methyl sites for hydroxylation is 1. The van der Waals surface area contributed by atoms with E-state index >= 15 is 0 Å². The molecule has 0 unspecified atom stereocenters. The first-order chi connectivity index (χ1) is 16.1. The van der Waals surface area contributed by atoms with Crippen LogP contribution in [0.4, 0.5) is 0 Å². The molecule has 1 aromatic heterocycles. The van der Waals surface area contributed by atoms with Gasteiger partial charge in [-0.05, 0) is 36.1 Å². The number of benzene rings is 2. The summed E-state index contributed by atoms with van der Waals surface area (Å²) in [5.41, 5.74) is 1.21. The number of carbonyl (C=O) groups is 1. The zero-order chi connectivity index (χ0) is 24.6. The molecule has 2 heterocycles. The molecule has 0 saturated heterocycles. The van der Waals surface area contributed by atoms with Crippen LogP contribution in [0.25, 0.3) is 10.2 Å². The van der Waals surface area contributed by atoms with Gasteiger partial charge in [-0.1, -0.05) is 39.0 Å². The van der Waals surface area contributed by atoms with Crippen LogP contribution in [0.1, 0.15) is 38.1 Å². The van der Waals surface area contributed by atoms with Gasteiger partial charge in [-0.25, -0.2) is 8.42 Å². The Balaban J connectivity index is 1.61. The Morgan fingerprint density at radius 2 is 1.65 bits per heavy atom. The fourth-order valence-electron chi connectivity index (χ4n) is 3.78. The molecule has 10 heteroatoms. The molecule has 0 bridgehead atoms. The van der Waals surface area contributed by atoms with Crippen molar-refractivity contribution in [3.8, 4) is 11.5 Å². The quantitative estimate of drug-likeness (QED) is 0.486. The summed E-state index contributed by atoms with van der Waals surface area (Å²) >= 11 is 1.37. The van der Waals surface area contributed by atoms with E-state index in [-0.39, 0.29) is 23.5 Å². The molecule has 1 aliphatic rings. The van der Waals surface area contributed by atoms with Gasteiger partial charge < -0.3 is 14.0 Å². The first-order valence-electron chi connectivity index (χ1n) is 11.1. The number of hydrogen-bond donors (Lipinski definition) is 0. The number of carbonyl (C=O) groups excluding carboxylic acids is 1. The van der Waals surface area contributed by atoms with Crippen LogP contribution in [0.2, 0.25) is 0 Å². The van der Waals surface area contributed by atoms with Crippen LogP contribution in [0, 0.1) is 11.8 Å². The zero-order valence-electron chi connectivity index (χ0n) is 19.9. The highest BCUT2D eigenvalue weighted by Gasteiger charge is 2.26. The number of sulfonamides is 1. The third-order valence-corrected chi connectivity index (χ3v) is 8.32. The summed E-state index contributed by atoms with van der Waals surface area (Å²) in [7, 11) is -1.82. The lowest BCUT2D eigenvalue weighted by molar-refractivity contribution is 0.0998. The first kappa shape index (κ1) is 24.4. The van der Waals surface area contributed by atoms with Gasteiger partial charge in [0.2, 0.25) is 16.8 Å². The Morgan fingerprint density at radius 3 is 2.24 bits per heavy atom. The van der Waals surface area contributed by atoms with Crippen LogP contribution in [-0.4, -0.2) is 43.1 Å². The Bertz CT molecular complexity index is 1380. The molecule has 1 amide bonds. The van der Waals surface area contributed by atoms with Crippen molar-refractivity contribution in [2.75, 3.05) is 19.9 Å². The molecule has 2 aromatic carbocycles. The summed E-state index contributed by atoms with van der Waals surface area (Å²) < 4.78 is 41.5. The van der Waals surface area contributed by atoms with E-state index in [1.165, 1.54) is 39.9 Å². The van der Waals surface area contributed by atoms with E-state index in [1.54, 1.807) is 0 Å². The smallest absolute Gasteiger partial charge is 0.279 e. The summed E-state index contributed by atoms with van der Waals surface area (Å²) in [5, 5.41) is 0. The van der Waals surface area contributed by atoms with Crippen molar-refractivity contribution in [1.29, 1.82) is 0 Å². The minimum atomic E-state index is -3.66. The molecular weight excluding hydrogens is 474 g/mol. The van der Waals surface area contributed by atoms with Gasteiger partial charge in [0.05, 0.1) is 15.1 Å². The van der Waals surface area contributed by atoms with E-state index in [2.05, 4.69) is 4.99 Å². The van der Waals surface area contributed by atoms with Crippen LogP contribution in [-0.2, 0) is 17.1 Å². The lowest BCUT2D eigenvalue weighted by atomic mass is 10.2. The van der Waals surface area contributed by atoms with Crippen molar-refractivity contribution in [1.82, 2.24) is 8.87 Å². The van der Waals surface area contributed by atoms with Crippen molar-refractivity contribution in [3.05, 3.63) is 46.8 Å². The number of aromatic nitrogens is 1. The molecule has 0 spiro atoms. The van der Waals surface area contributed by atoms with Gasteiger partial charge in [0, 0.05) is 37.8 Å². The SMILES string of the molecule is CC(C)CN(CC(C)C)S(=O)(=O)c1ccc(C(=O)N=c2sc3cc4c(cc3n2C)OCO4)cc1. The number of thiazole rings is 1. The van der Waals surface area contributed by atoms with Gasteiger partial charge in [0.15, 0.2) is 16.3 Å². The van der Waals surface area contributed by atoms with Gasteiger partial charge in [-0.3, -0.25) is 4.79 Å². The average Bonchev–Trinajstić information content (AvgIpc) is 3.35. The van der Waals surface area contributed by atoms with Gasteiger partial charge in [0.1, 0.15) is 0 Å². The number of nitrogens with zero attached hydrogens (tertiary/aromatic N) is 3. The topological polar surface area (TPSA) is 90.2 Å². The second-order valence-corrected chi connectivity index (χ2v) is 12.1. The molecule has 4 rings (SSSR count). The van der Waals surface area contributed by atoms with E-state index in [4.69, 9.17) is 9.47 Å². The number of hydrogen-bond acceptors (Lipinski definition) is 6. The van der Waals surface area contributed by atoms with Crippen molar-refractivity contribution in [3.63, 3.8) is 0 Å². The Labute approximate surface area is 203 Å². The molecule has 0 atom stereocenters. The second-order valence-electron chi connectivity index (χ2n) is 9.17. The Morgan fingerprint density at radius 1 is 1.06 bits per heavy atom. The summed E-state index contributed by atoms with van der Waals surface area (Å²) in [6.45, 7) is 9.06. The molecule has 8 nitrogen and oxygen atoms in total. The number of fused-ring (bicyclic) bond motifs is 2. The highest BCUT2D eigenvalue weighted by Crippen LogP contribution is 2.36. The molecular formula is C24H29N3O5S2. The normalized spacial score (nSPS) is 14.2. The van der Waals surface area contributed by atoms with Crippen LogP contribution >= 0.6 is 11.3 Å². The fourth-order valence-corrected chi connectivity index (χ4v) is 6.57. The van der Waals surface area contributed by atoms with Crippen LogP contribution < -0.4 is 14.3 Å². The van der Waals surface area contributed by atoms with E-state index in [9.17, 15) is 13.2 Å². The van der Waals surface area contributed by atoms with Crippen LogP contribution in [0.3, 0.4) is 0 Å². The van der Waals surface area contributed by atoms with Gasteiger partial charge in [-0.2, -0.15) is 9.30 Å². The molecule has 3 aromatic rings. The van der Waals surface area contributed by atoms with Gasteiger partial charge in [0.25, 0.3) is 5.91 Å². The standard InChI is InChI=1S/C24H29N3O5S2/c1-15(2)12-27(13-16(3)4)34(29,30)18-8-6-17(7-9-18)23(28)25-24-26(5)19-10-20-21(32-14-31-20)11-22(19)33-24/h6-11,15-16H,12-14H2,1-5H3. The third-order valence-electron chi connectivity index (χ3n) is 5.38. The maximum atomic E-state index is 13.2. The first-order valence-corrected chi connectivity index (χ1v) is 13.4. The molecule has 0 fully saturated rings. The monoisotopic (exact) mass is 503 g/mol. The number of ether oxygens (including phenoxy) is 2. The summed E-state index contributed by atoms with van der Waals surface area (Å²) in [4.78, 5) is 17.8. The van der Waals surface area contributed by atoms with E-state index in [0.717, 1.165) is 10.2 Å². The molecule has 0 radical (unpaired) electrons. The Kier molecular flexibility index (Phi) is 6.84. The molecule has 0 N–H and O–H groups in total. The van der Waals surface area contributed by atoms with Crippen LogP contribution in [0.5, 0.6) is 11.5 Å². The van der Waals surface area contributed by atoms with Crippen molar-refractivity contribution in [2.45, 2.75) is 32.6 Å². The van der Waals surface area contributed by atoms with Crippen molar-refractivity contribution >= 4 is 37.5 Å². The molecule has 0 saturated carbocycles. The molecule has 182 valence electrons. The maximum absolute atomic E-state index is 13.2. The summed E-state index contributed by atoms with van der Waals surface area (Å²) in [5.74, 6) is 1.31. The lowest BCUT2D eigenvalue weighted by Gasteiger charge is -2.25. The van der Waals surface area contributed by atoms with Crippen LogP contribution in [0.15, 0.2) is 46.3 Å². The Hall–Kier alpha value is -2.69. The van der Waals surface area contributed by atoms with Crippen molar-refractivity contribution < 1.29 is 22.7 Å². The number of amides is 1. The largest absolute Gasteiger partial charge is 0.454 e. The van der Waals surface area contributed by atoms with Gasteiger partial charge in [-0.15, -0.1) is 0 Å². The maximum Gasteiger partial charge on any atom is 0.279 e.